The molecule has 218 valence electrons. The highest BCUT2D eigenvalue weighted by molar-refractivity contribution is 5.77. The summed E-state index contributed by atoms with van der Waals surface area (Å²) in [6, 6.07) is 17.5. The summed E-state index contributed by atoms with van der Waals surface area (Å²) in [6.07, 6.45) is 8.63. The van der Waals surface area contributed by atoms with Gasteiger partial charge in [0.05, 0.1) is 26.2 Å². The quantitative estimate of drug-likeness (QED) is 0.208. The predicted molar refractivity (Wildman–Crippen MR) is 158 cm³/mol. The zero-order chi connectivity index (χ0) is 29.5. The molecule has 0 bridgehead atoms. The minimum atomic E-state index is -0.644. The third-order valence-electron chi connectivity index (χ3n) is 7.52. The van der Waals surface area contributed by atoms with Crippen LogP contribution in [-0.4, -0.2) is 50.4 Å². The zero-order valence-electron chi connectivity index (χ0n) is 23.8. The first-order valence-electron chi connectivity index (χ1n) is 14.0. The lowest BCUT2D eigenvalue weighted by Crippen LogP contribution is -2.34. The van der Waals surface area contributed by atoms with Crippen LogP contribution in [0.2, 0.25) is 0 Å². The molecule has 4 aromatic rings. The summed E-state index contributed by atoms with van der Waals surface area (Å²) in [5, 5.41) is 24.2. The molecule has 0 fully saturated rings. The first-order valence-corrected chi connectivity index (χ1v) is 14.0. The molecule has 2 aromatic heterocycles. The van der Waals surface area contributed by atoms with Crippen LogP contribution in [0, 0.1) is 5.92 Å². The fraction of sp³-hybridized carbons (Fsp3) is 0.312. The molecule has 2 amide bonds. The van der Waals surface area contributed by atoms with E-state index in [1.165, 1.54) is 18.1 Å². The molecule has 0 spiro atoms. The van der Waals surface area contributed by atoms with Crippen molar-refractivity contribution in [1.29, 1.82) is 0 Å². The molecule has 1 aliphatic carbocycles. The molecule has 0 aliphatic heterocycles. The molecule has 0 saturated carbocycles. The van der Waals surface area contributed by atoms with Crippen molar-refractivity contribution in [2.24, 2.45) is 5.92 Å². The lowest BCUT2D eigenvalue weighted by atomic mass is 9.86. The van der Waals surface area contributed by atoms with Gasteiger partial charge in [-0.25, -0.2) is 0 Å². The van der Waals surface area contributed by atoms with Crippen molar-refractivity contribution in [1.82, 2.24) is 30.4 Å². The second-order valence-corrected chi connectivity index (χ2v) is 10.5. The third-order valence-corrected chi connectivity index (χ3v) is 7.52. The van der Waals surface area contributed by atoms with Crippen molar-refractivity contribution in [3.63, 3.8) is 0 Å². The monoisotopic (exact) mass is 568 g/mol. The molecule has 2 aromatic carbocycles. The normalized spacial score (nSPS) is 14.7. The molecule has 1 aliphatic rings. The van der Waals surface area contributed by atoms with Crippen LogP contribution >= 0.6 is 0 Å². The Kier molecular flexibility index (Phi) is 9.13. The molecular weight excluding hydrogens is 532 g/mol. The fourth-order valence-electron chi connectivity index (χ4n) is 5.40. The molecule has 0 radical (unpaired) electrons. The Hall–Kier alpha value is -4.70. The Morgan fingerprint density at radius 3 is 2.62 bits per heavy atom. The number of carbonyl (C=O) groups excluding carboxylic acids is 2. The van der Waals surface area contributed by atoms with Gasteiger partial charge in [-0.2, -0.15) is 0 Å². The maximum absolute atomic E-state index is 12.5. The van der Waals surface area contributed by atoms with E-state index < -0.39 is 18.6 Å². The van der Waals surface area contributed by atoms with E-state index in [4.69, 9.17) is 4.74 Å². The highest BCUT2D eigenvalue weighted by atomic mass is 16.5. The molecule has 1 unspecified atom stereocenters. The minimum Gasteiger partial charge on any atom is -0.497 e. The Morgan fingerprint density at radius 2 is 1.90 bits per heavy atom. The fourth-order valence-corrected chi connectivity index (χ4v) is 5.40. The number of fused-ring (bicyclic) bond motifs is 1. The molecule has 10 nitrogen and oxygen atoms in total. The van der Waals surface area contributed by atoms with Crippen LogP contribution in [0.1, 0.15) is 52.6 Å². The average Bonchev–Trinajstić information content (AvgIpc) is 3.59. The number of benzene rings is 2. The molecule has 4 N–H and O–H groups in total. The van der Waals surface area contributed by atoms with Crippen molar-refractivity contribution >= 4 is 17.9 Å². The van der Waals surface area contributed by atoms with Gasteiger partial charge in [0.25, 0.3) is 0 Å². The number of methoxy groups -OCH3 is 1. The van der Waals surface area contributed by atoms with E-state index in [1.54, 1.807) is 7.11 Å². The number of hydrogen-bond acceptors (Lipinski definition) is 6. The summed E-state index contributed by atoms with van der Waals surface area (Å²) >= 11 is 0. The summed E-state index contributed by atoms with van der Waals surface area (Å²) in [5.74, 6) is 1.50. The van der Waals surface area contributed by atoms with E-state index in [0.717, 1.165) is 35.4 Å². The zero-order valence-corrected chi connectivity index (χ0v) is 23.8. The van der Waals surface area contributed by atoms with Gasteiger partial charge in [-0.15, -0.1) is 10.2 Å². The van der Waals surface area contributed by atoms with Crippen LogP contribution in [0.15, 0.2) is 66.9 Å². The first-order chi connectivity index (χ1) is 20.4. The van der Waals surface area contributed by atoms with Crippen molar-refractivity contribution in [3.05, 3.63) is 106 Å². The van der Waals surface area contributed by atoms with Crippen LogP contribution in [0.4, 0.5) is 0 Å². The molecule has 0 saturated heterocycles. The first kappa shape index (κ1) is 28.8. The van der Waals surface area contributed by atoms with Crippen LogP contribution in [0.5, 0.6) is 5.75 Å². The van der Waals surface area contributed by atoms with Gasteiger partial charge in [0.15, 0.2) is 11.6 Å². The molecule has 42 heavy (non-hydrogen) atoms. The Bertz CT molecular complexity index is 1540. The van der Waals surface area contributed by atoms with E-state index in [9.17, 15) is 14.7 Å². The largest absolute Gasteiger partial charge is 0.497 e. The summed E-state index contributed by atoms with van der Waals surface area (Å²) < 4.78 is 7.21. The second-order valence-electron chi connectivity index (χ2n) is 10.5. The van der Waals surface area contributed by atoms with Gasteiger partial charge in [0.2, 0.25) is 11.8 Å². The minimum absolute atomic E-state index is 0.183. The number of amides is 2. The standard InChI is InChI=1S/C32H36N6O4/c1-21(40)33-18-30-36-37-32(38(30)19-23-8-11-26(42-2)12-9-23)29(35-31(41)20-39)16-25-17-34-28-13-10-24(15-27(25)28)14-22-6-4-3-5-7-22/h3-13,17,24,29,34,39H,14-16,18-20H2,1-2H3,(H,33,40)(H,35,41)/t24?,29-/m1/s1. The number of aromatic amines is 1. The average molecular weight is 569 g/mol. The number of carbonyl (C=O) groups is 2. The highest BCUT2D eigenvalue weighted by Crippen LogP contribution is 2.31. The molecule has 2 atom stereocenters. The van der Waals surface area contributed by atoms with E-state index in [-0.39, 0.29) is 12.5 Å². The lowest BCUT2D eigenvalue weighted by Gasteiger charge is -2.22. The van der Waals surface area contributed by atoms with Gasteiger partial charge >= 0.3 is 0 Å². The van der Waals surface area contributed by atoms with Crippen LogP contribution in [0.25, 0.3) is 6.08 Å². The summed E-state index contributed by atoms with van der Waals surface area (Å²) in [7, 11) is 1.62. The topological polar surface area (TPSA) is 134 Å². The number of allylic oxidation sites excluding steroid dienone is 1. The lowest BCUT2D eigenvalue weighted by molar-refractivity contribution is -0.124. The van der Waals surface area contributed by atoms with Gasteiger partial charge in [0.1, 0.15) is 12.4 Å². The van der Waals surface area contributed by atoms with Gasteiger partial charge in [-0.3, -0.25) is 9.59 Å². The Labute approximate surface area is 244 Å². The smallest absolute Gasteiger partial charge is 0.246 e. The number of aromatic nitrogens is 4. The number of nitrogens with one attached hydrogen (secondary N) is 3. The number of nitrogens with zero attached hydrogens (tertiary/aromatic N) is 3. The van der Waals surface area contributed by atoms with E-state index >= 15 is 0 Å². The highest BCUT2D eigenvalue weighted by Gasteiger charge is 2.27. The molecule has 2 heterocycles. The van der Waals surface area contributed by atoms with Gasteiger partial charge in [0, 0.05) is 25.2 Å². The van der Waals surface area contributed by atoms with Crippen LogP contribution < -0.4 is 15.4 Å². The van der Waals surface area contributed by atoms with Crippen molar-refractivity contribution < 1.29 is 19.4 Å². The molecule has 10 heteroatoms. The van der Waals surface area contributed by atoms with Gasteiger partial charge in [-0.1, -0.05) is 48.5 Å². The second kappa shape index (κ2) is 13.3. The van der Waals surface area contributed by atoms with E-state index in [0.29, 0.717) is 30.5 Å². The Morgan fingerprint density at radius 1 is 1.12 bits per heavy atom. The maximum Gasteiger partial charge on any atom is 0.246 e. The van der Waals surface area contributed by atoms with Crippen molar-refractivity contribution in [2.45, 2.75) is 45.3 Å². The van der Waals surface area contributed by atoms with Gasteiger partial charge < -0.3 is 30.0 Å². The summed E-state index contributed by atoms with van der Waals surface area (Å²) in [6.45, 7) is 1.41. The number of aliphatic hydroxyl groups excluding tert-OH is 1. The van der Waals surface area contributed by atoms with Crippen molar-refractivity contribution in [3.8, 4) is 5.75 Å². The van der Waals surface area contributed by atoms with Gasteiger partial charge in [-0.05, 0) is 59.2 Å². The third kappa shape index (κ3) is 6.95. The number of ether oxygens (including phenoxy) is 1. The maximum atomic E-state index is 12.5. The van der Waals surface area contributed by atoms with Crippen molar-refractivity contribution in [2.75, 3.05) is 13.7 Å². The molecule has 5 rings (SSSR count). The van der Waals surface area contributed by atoms with E-state index in [1.807, 2.05) is 41.1 Å². The van der Waals surface area contributed by atoms with Crippen LogP contribution in [0.3, 0.4) is 0 Å². The van der Waals surface area contributed by atoms with E-state index in [2.05, 4.69) is 62.2 Å². The summed E-state index contributed by atoms with van der Waals surface area (Å²) in [4.78, 5) is 27.6. The Balaban J connectivity index is 1.44. The molecular formula is C32H36N6O4. The number of aliphatic hydroxyl groups is 1. The SMILES string of the molecule is COc1ccc(Cn2c(CNC(C)=O)nnc2[C@@H](Cc2c[nH]c3c2CC(Cc2ccccc2)C=C3)NC(=O)CO)cc1. The summed E-state index contributed by atoms with van der Waals surface area (Å²) in [5.41, 5.74) is 5.60. The number of rotatable bonds is 12. The number of hydrogen-bond donors (Lipinski definition) is 4. The predicted octanol–water partition coefficient (Wildman–Crippen LogP) is 3.12. The number of H-pyrrole nitrogens is 1. The van der Waals surface area contributed by atoms with Crippen LogP contribution in [-0.2, 0) is 41.9 Å².